The van der Waals surface area contributed by atoms with Crippen molar-refractivity contribution in [3.63, 3.8) is 0 Å². The smallest absolute Gasteiger partial charge is 0.494 e. The molecule has 13 nitrogen and oxygen atoms in total. The highest BCUT2D eigenvalue weighted by Gasteiger charge is 2.52. The number of aromatic hydroxyl groups is 1. The number of ether oxygens (including phenoxy) is 5. The van der Waals surface area contributed by atoms with E-state index in [1.165, 1.54) is 13.2 Å². The third-order valence-electron chi connectivity index (χ3n) is 14.1. The van der Waals surface area contributed by atoms with Gasteiger partial charge in [0.1, 0.15) is 28.7 Å². The molecule has 5 aromatic carbocycles. The minimum absolute atomic E-state index is 0.0553. The quantitative estimate of drug-likeness (QED) is 0.0576. The molecule has 2 N–H and O–H groups in total. The van der Waals surface area contributed by atoms with E-state index in [-0.39, 0.29) is 65.6 Å². The maximum Gasteiger partial charge on any atom is 0.494 e. The Morgan fingerprint density at radius 1 is 0.512 bits per heavy atom. The van der Waals surface area contributed by atoms with Crippen molar-refractivity contribution in [2.24, 2.45) is 23.7 Å². The van der Waals surface area contributed by atoms with Crippen molar-refractivity contribution < 1.29 is 62.4 Å². The number of Topliss-reactive ketones (excluding diaryl/α,β-unsaturated/α-hetero) is 2. The summed E-state index contributed by atoms with van der Waals surface area (Å²) in [6.07, 6.45) is 11.0. The van der Waals surface area contributed by atoms with Crippen molar-refractivity contribution >= 4 is 126 Å². The Kier molecular flexibility index (Phi) is 20.5. The monoisotopic (exact) mass is 1320 g/mol. The number of carboxylic acids is 1. The van der Waals surface area contributed by atoms with Gasteiger partial charge >= 0.3 is 19.1 Å². The van der Waals surface area contributed by atoms with Crippen molar-refractivity contribution in [2.75, 3.05) is 7.11 Å². The van der Waals surface area contributed by atoms with E-state index in [1.807, 2.05) is 64.1 Å². The van der Waals surface area contributed by atoms with Gasteiger partial charge in [-0.2, -0.15) is 0 Å². The predicted octanol–water partition coefficient (Wildman–Crippen LogP) is 15.3. The number of phenolic OH excluding ortho intramolecular Hbond substituents is 1. The van der Waals surface area contributed by atoms with E-state index in [2.05, 4.69) is 36.6 Å². The molecule has 1 heterocycles. The molecular formula is C59H60BBr2Cl5O13. The Bertz CT molecular complexity index is 3080. The molecule has 6 saturated carbocycles. The molecule has 5 aromatic rings. The molecule has 0 radical (unpaired) electrons. The first-order valence-electron chi connectivity index (χ1n) is 26.3. The van der Waals surface area contributed by atoms with Crippen LogP contribution in [0.4, 0.5) is 0 Å². The summed E-state index contributed by atoms with van der Waals surface area (Å²) in [6, 6.07) is 26.3. The average Bonchev–Trinajstić information content (AvgIpc) is 4.26. The molecule has 7 fully saturated rings. The van der Waals surface area contributed by atoms with Crippen LogP contribution in [0.5, 0.6) is 28.7 Å². The molecule has 6 aliphatic carbocycles. The molecule has 0 bridgehead atoms. The van der Waals surface area contributed by atoms with E-state index in [0.29, 0.717) is 72.8 Å². The zero-order valence-electron chi connectivity index (χ0n) is 44.5. The van der Waals surface area contributed by atoms with Crippen LogP contribution >= 0.6 is 89.9 Å². The van der Waals surface area contributed by atoms with E-state index >= 15 is 0 Å². The lowest BCUT2D eigenvalue weighted by molar-refractivity contribution is -0.142. The summed E-state index contributed by atoms with van der Waals surface area (Å²) in [7, 11) is 0.954. The van der Waals surface area contributed by atoms with Crippen LogP contribution in [0, 0.1) is 23.7 Å². The van der Waals surface area contributed by atoms with Gasteiger partial charge in [-0.15, -0.1) is 0 Å². The van der Waals surface area contributed by atoms with E-state index in [1.54, 1.807) is 48.5 Å². The number of methoxy groups -OCH3 is 1. The topological polar surface area (TPSA) is 173 Å². The number of ketones is 2. The molecule has 1 aliphatic heterocycles. The number of benzene rings is 5. The fourth-order valence-electron chi connectivity index (χ4n) is 7.83. The molecule has 80 heavy (non-hydrogen) atoms. The van der Waals surface area contributed by atoms with Crippen molar-refractivity contribution in [1.82, 2.24) is 0 Å². The van der Waals surface area contributed by atoms with Crippen molar-refractivity contribution in [1.29, 1.82) is 0 Å². The van der Waals surface area contributed by atoms with Crippen LogP contribution < -0.4 is 24.4 Å². The fourth-order valence-corrected chi connectivity index (χ4v) is 9.91. The number of hydrogen-bond donors (Lipinski definition) is 2. The third kappa shape index (κ3) is 17.4. The summed E-state index contributed by atoms with van der Waals surface area (Å²) in [6.45, 7) is 8.16. The van der Waals surface area contributed by atoms with Crippen molar-refractivity contribution in [3.05, 3.63) is 136 Å². The molecular weight excluding hydrogens is 1260 g/mol. The number of carbonyl (C=O) groups is 4. The molecule has 0 spiro atoms. The maximum atomic E-state index is 12.2. The van der Waals surface area contributed by atoms with E-state index < -0.39 is 17.8 Å². The van der Waals surface area contributed by atoms with Crippen LogP contribution in [0.1, 0.15) is 113 Å². The van der Waals surface area contributed by atoms with E-state index in [4.69, 9.17) is 96.5 Å². The number of aliphatic carboxylic acids is 1. The lowest BCUT2D eigenvalue weighted by Gasteiger charge is -2.32. The summed E-state index contributed by atoms with van der Waals surface area (Å²) in [4.78, 5) is 46.4. The Morgan fingerprint density at radius 2 is 0.875 bits per heavy atom. The second-order valence-corrected chi connectivity index (χ2v) is 25.4. The summed E-state index contributed by atoms with van der Waals surface area (Å²) in [5.41, 5.74) is 1.23. The second-order valence-electron chi connectivity index (χ2n) is 21.5. The number of rotatable bonds is 15. The molecule has 0 aromatic heterocycles. The van der Waals surface area contributed by atoms with Gasteiger partial charge in [0.15, 0.2) is 11.6 Å². The van der Waals surface area contributed by atoms with Gasteiger partial charge in [0.05, 0.1) is 79.7 Å². The number of esters is 1. The highest BCUT2D eigenvalue weighted by molar-refractivity contribution is 9.10. The molecule has 0 unspecified atom stereocenters. The first kappa shape index (κ1) is 61.8. The van der Waals surface area contributed by atoms with Gasteiger partial charge in [0, 0.05) is 31.9 Å². The minimum Gasteiger partial charge on any atom is -0.506 e. The van der Waals surface area contributed by atoms with Crippen LogP contribution in [0.25, 0.3) is 0 Å². The minimum atomic E-state index is -0.905. The lowest BCUT2D eigenvalue weighted by atomic mass is 9.79. The average molecular weight is 1330 g/mol. The van der Waals surface area contributed by atoms with E-state index in [0.717, 1.165) is 77.3 Å². The van der Waals surface area contributed by atoms with Crippen LogP contribution in [-0.4, -0.2) is 83.6 Å². The largest absolute Gasteiger partial charge is 0.506 e. The molecule has 426 valence electrons. The molecule has 7 aliphatic rings. The van der Waals surface area contributed by atoms with Crippen LogP contribution in [0.15, 0.2) is 99.9 Å². The van der Waals surface area contributed by atoms with Gasteiger partial charge in [-0.1, -0.05) is 95.9 Å². The Balaban J connectivity index is 0.000000135. The zero-order valence-corrected chi connectivity index (χ0v) is 51.4. The van der Waals surface area contributed by atoms with Crippen LogP contribution in [0.2, 0.25) is 25.1 Å². The number of halogens is 7. The number of carbonyl (C=O) groups excluding carboxylic acids is 3. The van der Waals surface area contributed by atoms with Crippen molar-refractivity contribution in [3.8, 4) is 28.7 Å². The first-order valence-corrected chi connectivity index (χ1v) is 29.8. The summed E-state index contributed by atoms with van der Waals surface area (Å²) >= 11 is 36.5. The predicted molar refractivity (Wildman–Crippen MR) is 316 cm³/mol. The summed E-state index contributed by atoms with van der Waals surface area (Å²) < 4.78 is 41.0. The Morgan fingerprint density at radius 3 is 1.23 bits per heavy atom. The second kappa shape index (κ2) is 26.6. The molecule has 0 amide bonds. The van der Waals surface area contributed by atoms with Crippen LogP contribution in [0.3, 0.4) is 0 Å². The number of phenols is 1. The molecule has 1 saturated heterocycles. The molecule has 4 atom stereocenters. The third-order valence-corrected chi connectivity index (χ3v) is 16.5. The van der Waals surface area contributed by atoms with Gasteiger partial charge in [0.2, 0.25) is 0 Å². The standard InChI is InChI=1S/C15H20BClO3.C15H15ClO4.C14H13ClO4.C9H8BrClO.C6H4BrClO/c1-14(2)15(3,4)20-16(19-14)10-5-8-13(12(17)9-10)18-11-6-7-11;1-19-15(18)11-7-10(11)14(17)8-2-5-13(12(16)6-8)20-9-3-4-9;15-11-5-7(1-4-12(11)19-8-2-3-8)13(16)9-6-10(9)14(17)18;10-6-1-4-9(8(11)5-6)12-7-2-3-7;7-4-1-2-6(9)5(8)3-4/h5,8-9,11H,6-7H2,1-4H3;2,5-6,9-11H,3-4,7H2,1H3;1,4-5,8-10H,2-3,6H2,(H,17,18);1,4-5,7H,2-3H2;1-3,9H/t;10-,11-;9-,10-;;/m.00../s1. The summed E-state index contributed by atoms with van der Waals surface area (Å²) in [5.74, 6) is -0.0670. The fraction of sp³-hybridized carbons (Fsp3) is 0.424. The van der Waals surface area contributed by atoms with Gasteiger partial charge in [0.25, 0.3) is 0 Å². The first-order chi connectivity index (χ1) is 37.9. The van der Waals surface area contributed by atoms with Gasteiger partial charge in [-0.05, 0) is 182 Å². The maximum absolute atomic E-state index is 12.2. The van der Waals surface area contributed by atoms with Gasteiger partial charge in [-0.25, -0.2) is 0 Å². The van der Waals surface area contributed by atoms with Crippen LogP contribution in [-0.2, 0) is 23.6 Å². The van der Waals surface area contributed by atoms with E-state index in [9.17, 15) is 19.2 Å². The SMILES string of the molecule is CC1(C)OB(c2ccc(OC3CC3)c(Cl)c2)OC1(C)C.COC(=O)[C@H]1C[C@@H]1C(=O)c1ccc(OC2CC2)c(Cl)c1.Clc1cc(Br)ccc1OC1CC1.O=C(O)[C@H]1C[C@@H]1C(=O)c1ccc(OC2CC2)c(Cl)c1.Oc1ccc(Br)cc1Cl. The number of carboxylic acid groups (broad SMARTS) is 1. The molecule has 21 heteroatoms. The summed E-state index contributed by atoms with van der Waals surface area (Å²) in [5, 5.41) is 20.2. The van der Waals surface area contributed by atoms with Gasteiger partial charge < -0.3 is 43.2 Å². The molecule has 12 rings (SSSR count). The van der Waals surface area contributed by atoms with Gasteiger partial charge in [-0.3, -0.25) is 19.2 Å². The number of hydrogen-bond acceptors (Lipinski definition) is 12. The Hall–Kier alpha value is -4.23. The normalized spacial score (nSPS) is 21.4. The zero-order chi connectivity index (χ0) is 57.8. The lowest BCUT2D eigenvalue weighted by Crippen LogP contribution is -2.41. The Labute approximate surface area is 507 Å². The highest BCUT2D eigenvalue weighted by atomic mass is 79.9. The van der Waals surface area contributed by atoms with Crippen molar-refractivity contribution in [2.45, 2.75) is 128 Å². The highest BCUT2D eigenvalue weighted by Crippen LogP contribution is 2.45.